The van der Waals surface area contributed by atoms with E-state index >= 15 is 0 Å². The van der Waals surface area contributed by atoms with Crippen LogP contribution in [0.2, 0.25) is 0 Å². The molecular weight excluding hydrogens is 322 g/mol. The SMILES string of the molecule is COC(=O)c1cc2c(s1)C(NC(=O)C1CCC1)=N[N+]2(C)C(=O)O. The lowest BCUT2D eigenvalue weighted by Crippen LogP contribution is -2.44. The van der Waals surface area contributed by atoms with Crippen LogP contribution in [-0.4, -0.2) is 43.1 Å². The molecule has 0 radical (unpaired) electrons. The smallest absolute Gasteiger partial charge is 0.465 e. The Morgan fingerprint density at radius 3 is 2.65 bits per heavy atom. The molecule has 0 saturated heterocycles. The maximum Gasteiger partial charge on any atom is 0.546 e. The minimum absolute atomic E-state index is 0.0506. The summed E-state index contributed by atoms with van der Waals surface area (Å²) in [5.74, 6) is -0.564. The van der Waals surface area contributed by atoms with Crippen LogP contribution in [0.1, 0.15) is 33.8 Å². The number of carbonyl (C=O) groups excluding carboxylic acids is 2. The van der Waals surface area contributed by atoms with Crippen molar-refractivity contribution in [3.63, 3.8) is 0 Å². The van der Waals surface area contributed by atoms with Crippen molar-refractivity contribution in [2.75, 3.05) is 14.2 Å². The Bertz CT molecular complexity index is 737. The average Bonchev–Trinajstić information content (AvgIpc) is 2.97. The summed E-state index contributed by atoms with van der Waals surface area (Å²) in [6.45, 7) is 0. The Hall–Kier alpha value is -2.26. The van der Waals surface area contributed by atoms with Crippen LogP contribution >= 0.6 is 11.3 Å². The molecule has 1 saturated carbocycles. The van der Waals surface area contributed by atoms with Gasteiger partial charge < -0.3 is 15.2 Å². The first-order valence-corrected chi connectivity index (χ1v) is 7.92. The molecule has 2 N–H and O–H groups in total. The Morgan fingerprint density at radius 2 is 2.13 bits per heavy atom. The summed E-state index contributed by atoms with van der Waals surface area (Å²) in [6.07, 6.45) is 1.47. The molecule has 1 atom stereocenters. The molecule has 8 nitrogen and oxygen atoms in total. The van der Waals surface area contributed by atoms with E-state index in [9.17, 15) is 19.5 Å². The number of thiophene rings is 1. The van der Waals surface area contributed by atoms with Crippen molar-refractivity contribution in [3.8, 4) is 0 Å². The van der Waals surface area contributed by atoms with E-state index < -0.39 is 16.7 Å². The molecule has 1 aromatic rings. The fraction of sp³-hybridized carbons (Fsp3) is 0.429. The minimum atomic E-state index is -1.20. The predicted octanol–water partition coefficient (Wildman–Crippen LogP) is 1.74. The summed E-state index contributed by atoms with van der Waals surface area (Å²) in [6, 6.07) is 1.45. The van der Waals surface area contributed by atoms with Crippen molar-refractivity contribution in [2.24, 2.45) is 11.0 Å². The van der Waals surface area contributed by atoms with Crippen LogP contribution in [0, 0.1) is 5.92 Å². The second-order valence-electron chi connectivity index (χ2n) is 5.62. The van der Waals surface area contributed by atoms with Gasteiger partial charge in [-0.05, 0) is 17.9 Å². The lowest BCUT2D eigenvalue weighted by Gasteiger charge is -2.23. The summed E-state index contributed by atoms with van der Waals surface area (Å²) >= 11 is 1.06. The van der Waals surface area contributed by atoms with Gasteiger partial charge in [0.1, 0.15) is 16.8 Å². The molecule has 0 spiro atoms. The number of amidine groups is 1. The first kappa shape index (κ1) is 15.6. The van der Waals surface area contributed by atoms with Crippen LogP contribution in [0.15, 0.2) is 11.2 Å². The van der Waals surface area contributed by atoms with Gasteiger partial charge in [-0.3, -0.25) is 4.79 Å². The molecule has 2 aliphatic rings. The summed E-state index contributed by atoms with van der Waals surface area (Å²) in [5, 5.41) is 16.3. The fourth-order valence-corrected chi connectivity index (χ4v) is 3.58. The van der Waals surface area contributed by atoms with Gasteiger partial charge in [-0.25, -0.2) is 4.79 Å². The van der Waals surface area contributed by atoms with Crippen molar-refractivity contribution in [1.29, 1.82) is 0 Å². The van der Waals surface area contributed by atoms with Gasteiger partial charge in [0, 0.05) is 12.0 Å². The van der Waals surface area contributed by atoms with E-state index in [0.29, 0.717) is 10.6 Å². The van der Waals surface area contributed by atoms with Crippen molar-refractivity contribution in [2.45, 2.75) is 19.3 Å². The largest absolute Gasteiger partial charge is 0.546 e. The third-order valence-electron chi connectivity index (χ3n) is 4.17. The average molecular weight is 338 g/mol. The Labute approximate surface area is 135 Å². The molecule has 122 valence electrons. The normalized spacial score (nSPS) is 22.8. The number of amides is 2. The van der Waals surface area contributed by atoms with E-state index in [1.165, 1.54) is 20.2 Å². The molecule has 0 bridgehead atoms. The molecular formula is C14H16N3O5S+. The van der Waals surface area contributed by atoms with Gasteiger partial charge in [0.2, 0.25) is 11.7 Å². The van der Waals surface area contributed by atoms with E-state index in [2.05, 4.69) is 15.2 Å². The van der Waals surface area contributed by atoms with E-state index in [4.69, 9.17) is 0 Å². The van der Waals surface area contributed by atoms with Gasteiger partial charge in [-0.2, -0.15) is 4.79 Å². The number of nitrogens with zero attached hydrogens (tertiary/aromatic N) is 2. The second-order valence-corrected chi connectivity index (χ2v) is 6.68. The minimum Gasteiger partial charge on any atom is -0.465 e. The summed E-state index contributed by atoms with van der Waals surface area (Å²) in [4.78, 5) is 36.2. The maximum atomic E-state index is 12.1. The summed E-state index contributed by atoms with van der Waals surface area (Å²) in [5.41, 5.74) is 0.340. The van der Waals surface area contributed by atoms with Crippen LogP contribution in [0.3, 0.4) is 0 Å². The number of fused-ring (bicyclic) bond motifs is 1. The number of nitrogens with one attached hydrogen (secondary N) is 1. The van der Waals surface area contributed by atoms with Gasteiger partial charge in [0.25, 0.3) is 0 Å². The molecule has 0 aromatic carbocycles. The number of hydrogen-bond acceptors (Lipinski definition) is 6. The number of methoxy groups -OCH3 is 1. The van der Waals surface area contributed by atoms with Crippen molar-refractivity contribution in [1.82, 2.24) is 9.91 Å². The Balaban J connectivity index is 1.97. The lowest BCUT2D eigenvalue weighted by atomic mass is 9.85. The van der Waals surface area contributed by atoms with Gasteiger partial charge >= 0.3 is 12.1 Å². The highest BCUT2D eigenvalue weighted by Crippen LogP contribution is 2.40. The molecule has 3 rings (SSSR count). The fourth-order valence-electron chi connectivity index (χ4n) is 2.49. The maximum absolute atomic E-state index is 12.1. The molecule has 23 heavy (non-hydrogen) atoms. The van der Waals surface area contributed by atoms with Crippen molar-refractivity contribution >= 4 is 40.8 Å². The van der Waals surface area contributed by atoms with E-state index in [-0.39, 0.29) is 22.5 Å². The molecule has 2 amide bonds. The first-order valence-electron chi connectivity index (χ1n) is 7.11. The number of hydrogen-bond donors (Lipinski definition) is 2. The number of rotatable bonds is 2. The zero-order chi connectivity index (χ0) is 16.8. The zero-order valence-corrected chi connectivity index (χ0v) is 13.5. The molecule has 1 fully saturated rings. The number of esters is 1. The standard InChI is InChI=1S/C14H15N3O5S/c1-17(14(20)21)8-6-9(13(19)22-2)23-10(8)11(16-17)15-12(18)7-4-3-5-7/h6-7H,3-5H2,1-2H3,(H-,15,16,18,20,21)/p+1. The third kappa shape index (κ3) is 2.41. The Kier molecular flexibility index (Phi) is 3.69. The van der Waals surface area contributed by atoms with Crippen LogP contribution in [-0.2, 0) is 9.53 Å². The highest BCUT2D eigenvalue weighted by atomic mass is 32.1. The summed E-state index contributed by atoms with van der Waals surface area (Å²) < 4.78 is 3.91. The summed E-state index contributed by atoms with van der Waals surface area (Å²) in [7, 11) is 2.64. The number of carboxylic acid groups (broad SMARTS) is 1. The van der Waals surface area contributed by atoms with E-state index in [0.717, 1.165) is 30.6 Å². The molecule has 1 aliphatic heterocycles. The van der Waals surface area contributed by atoms with Crippen LogP contribution in [0.25, 0.3) is 0 Å². The molecule has 9 heteroatoms. The van der Waals surface area contributed by atoms with Crippen LogP contribution in [0.5, 0.6) is 0 Å². The number of ether oxygens (including phenoxy) is 1. The molecule has 1 unspecified atom stereocenters. The van der Waals surface area contributed by atoms with E-state index in [1.54, 1.807) is 0 Å². The number of carbonyl (C=O) groups is 3. The predicted molar refractivity (Wildman–Crippen MR) is 83.4 cm³/mol. The molecule has 2 heterocycles. The third-order valence-corrected chi connectivity index (χ3v) is 5.28. The topological polar surface area (TPSA) is 105 Å². The zero-order valence-electron chi connectivity index (χ0n) is 12.7. The van der Waals surface area contributed by atoms with Crippen LogP contribution in [0.4, 0.5) is 10.5 Å². The Morgan fingerprint density at radius 1 is 1.43 bits per heavy atom. The highest BCUT2D eigenvalue weighted by Gasteiger charge is 2.48. The second kappa shape index (κ2) is 5.43. The van der Waals surface area contributed by atoms with Crippen LogP contribution < -0.4 is 9.91 Å². The quantitative estimate of drug-likeness (QED) is 0.631. The van der Waals surface area contributed by atoms with Crippen molar-refractivity contribution < 1.29 is 24.2 Å². The highest BCUT2D eigenvalue weighted by molar-refractivity contribution is 7.16. The van der Waals surface area contributed by atoms with Gasteiger partial charge in [0.05, 0.1) is 7.11 Å². The lowest BCUT2D eigenvalue weighted by molar-refractivity contribution is -0.125. The van der Waals surface area contributed by atoms with E-state index in [1.807, 2.05) is 0 Å². The first-order chi connectivity index (χ1) is 10.9. The van der Waals surface area contributed by atoms with Gasteiger partial charge in [-0.1, -0.05) is 11.0 Å². The van der Waals surface area contributed by atoms with Gasteiger partial charge in [0.15, 0.2) is 5.69 Å². The monoisotopic (exact) mass is 338 g/mol. The molecule has 1 aromatic heterocycles. The molecule has 1 aliphatic carbocycles. The van der Waals surface area contributed by atoms with Gasteiger partial charge in [-0.15, -0.1) is 11.3 Å². The number of quaternary nitrogens is 1. The van der Waals surface area contributed by atoms with Crippen molar-refractivity contribution in [3.05, 3.63) is 15.8 Å².